The number of methoxy groups -OCH3 is 1. The molecule has 0 spiro atoms. The van der Waals surface area contributed by atoms with Crippen LogP contribution in [0.5, 0.6) is 11.5 Å². The number of carbonyl (C=O) groups excluding carboxylic acids is 1. The fourth-order valence-corrected chi connectivity index (χ4v) is 2.97. The van der Waals surface area contributed by atoms with Gasteiger partial charge in [0.25, 0.3) is 0 Å². The largest absolute Gasteiger partial charge is 0.497 e. The number of amides is 1. The van der Waals surface area contributed by atoms with E-state index in [1.807, 2.05) is 42.5 Å². The molecule has 1 aliphatic heterocycles. The standard InChI is InChI=1S/C19H18N2O4/c1-23-14-6-7-16-12(9-14)8-13(11-24-16)19(22)20-10-18-21-15-4-2-3-5-17(15)25-18/h2-7,9,13H,8,10-11H2,1H3,(H,20,22)/t13-/m1/s1. The summed E-state index contributed by atoms with van der Waals surface area (Å²) in [5.41, 5.74) is 2.48. The number of carbonyl (C=O) groups is 1. The van der Waals surface area contributed by atoms with Crippen molar-refractivity contribution >= 4 is 17.0 Å². The molecule has 0 saturated heterocycles. The quantitative estimate of drug-likeness (QED) is 0.792. The lowest BCUT2D eigenvalue weighted by Crippen LogP contribution is -2.37. The topological polar surface area (TPSA) is 73.6 Å². The molecule has 0 unspecified atom stereocenters. The van der Waals surface area contributed by atoms with Gasteiger partial charge in [-0.3, -0.25) is 4.79 Å². The maximum absolute atomic E-state index is 12.5. The second kappa shape index (κ2) is 6.47. The molecular weight excluding hydrogens is 320 g/mol. The van der Waals surface area contributed by atoms with Gasteiger partial charge in [0.15, 0.2) is 5.58 Å². The zero-order chi connectivity index (χ0) is 17.2. The molecule has 6 heteroatoms. The number of oxazole rings is 1. The molecule has 0 saturated carbocycles. The number of ether oxygens (including phenoxy) is 2. The third-order valence-electron chi connectivity index (χ3n) is 4.30. The number of nitrogens with one attached hydrogen (secondary N) is 1. The number of benzene rings is 2. The van der Waals surface area contributed by atoms with Crippen LogP contribution in [0.2, 0.25) is 0 Å². The van der Waals surface area contributed by atoms with Crippen LogP contribution in [0.3, 0.4) is 0 Å². The van der Waals surface area contributed by atoms with Gasteiger partial charge in [-0.05, 0) is 42.3 Å². The summed E-state index contributed by atoms with van der Waals surface area (Å²) in [5, 5.41) is 2.88. The molecule has 3 aromatic rings. The van der Waals surface area contributed by atoms with Gasteiger partial charge in [0, 0.05) is 0 Å². The van der Waals surface area contributed by atoms with E-state index in [0.717, 1.165) is 22.6 Å². The van der Waals surface area contributed by atoms with E-state index >= 15 is 0 Å². The van der Waals surface area contributed by atoms with Crippen molar-refractivity contribution in [1.29, 1.82) is 0 Å². The normalized spacial score (nSPS) is 16.1. The van der Waals surface area contributed by atoms with Crippen molar-refractivity contribution < 1.29 is 18.7 Å². The van der Waals surface area contributed by atoms with Crippen molar-refractivity contribution in [3.8, 4) is 11.5 Å². The summed E-state index contributed by atoms with van der Waals surface area (Å²) in [4.78, 5) is 16.8. The Morgan fingerprint density at radius 2 is 2.20 bits per heavy atom. The molecule has 25 heavy (non-hydrogen) atoms. The minimum Gasteiger partial charge on any atom is -0.497 e. The summed E-state index contributed by atoms with van der Waals surface area (Å²) in [6.07, 6.45) is 0.617. The van der Waals surface area contributed by atoms with Gasteiger partial charge in [0.1, 0.15) is 23.6 Å². The number of hydrogen-bond acceptors (Lipinski definition) is 5. The van der Waals surface area contributed by atoms with Gasteiger partial charge in [0.05, 0.1) is 19.6 Å². The number of hydrogen-bond donors (Lipinski definition) is 1. The molecule has 0 aliphatic carbocycles. The van der Waals surface area contributed by atoms with Crippen LogP contribution in [0.4, 0.5) is 0 Å². The zero-order valence-electron chi connectivity index (χ0n) is 13.8. The fourth-order valence-electron chi connectivity index (χ4n) is 2.97. The van der Waals surface area contributed by atoms with Crippen molar-refractivity contribution in [2.24, 2.45) is 5.92 Å². The fraction of sp³-hybridized carbons (Fsp3) is 0.263. The lowest BCUT2D eigenvalue weighted by Gasteiger charge is -2.24. The van der Waals surface area contributed by atoms with Gasteiger partial charge in [-0.15, -0.1) is 0 Å². The van der Waals surface area contributed by atoms with Crippen LogP contribution in [0.1, 0.15) is 11.5 Å². The Hall–Kier alpha value is -3.02. The van der Waals surface area contributed by atoms with Crippen LogP contribution in [0.15, 0.2) is 46.9 Å². The molecule has 128 valence electrons. The van der Waals surface area contributed by atoms with E-state index in [2.05, 4.69) is 10.3 Å². The van der Waals surface area contributed by atoms with Gasteiger partial charge in [-0.25, -0.2) is 4.98 Å². The molecule has 0 radical (unpaired) electrons. The lowest BCUT2D eigenvalue weighted by atomic mass is 9.96. The molecule has 2 aromatic carbocycles. The van der Waals surface area contributed by atoms with E-state index < -0.39 is 0 Å². The number of rotatable bonds is 4. The van der Waals surface area contributed by atoms with Crippen LogP contribution in [-0.2, 0) is 17.8 Å². The van der Waals surface area contributed by atoms with Crippen LogP contribution >= 0.6 is 0 Å². The molecule has 0 bridgehead atoms. The first-order valence-electron chi connectivity index (χ1n) is 8.15. The predicted molar refractivity (Wildman–Crippen MR) is 91.5 cm³/mol. The maximum atomic E-state index is 12.5. The van der Waals surface area contributed by atoms with Crippen LogP contribution in [-0.4, -0.2) is 24.6 Å². The number of fused-ring (bicyclic) bond motifs is 2. The van der Waals surface area contributed by atoms with Crippen molar-refractivity contribution in [2.75, 3.05) is 13.7 Å². The number of para-hydroxylation sites is 2. The Morgan fingerprint density at radius 3 is 3.04 bits per heavy atom. The minimum absolute atomic E-state index is 0.0734. The van der Waals surface area contributed by atoms with Gasteiger partial charge in [-0.2, -0.15) is 0 Å². The number of aromatic nitrogens is 1. The maximum Gasteiger partial charge on any atom is 0.227 e. The monoisotopic (exact) mass is 338 g/mol. The van der Waals surface area contributed by atoms with Crippen LogP contribution in [0, 0.1) is 5.92 Å². The van der Waals surface area contributed by atoms with E-state index in [4.69, 9.17) is 13.9 Å². The molecule has 1 aromatic heterocycles. The molecule has 6 nitrogen and oxygen atoms in total. The van der Waals surface area contributed by atoms with Gasteiger partial charge in [-0.1, -0.05) is 12.1 Å². The second-order valence-electron chi connectivity index (χ2n) is 5.98. The van der Waals surface area contributed by atoms with Crippen molar-refractivity contribution in [3.63, 3.8) is 0 Å². The van der Waals surface area contributed by atoms with Gasteiger partial charge < -0.3 is 19.2 Å². The average molecular weight is 338 g/mol. The SMILES string of the molecule is COc1ccc2c(c1)C[C@@H](C(=O)NCc1nc3ccccc3o1)CO2. The van der Waals surface area contributed by atoms with Crippen LogP contribution < -0.4 is 14.8 Å². The first-order valence-corrected chi connectivity index (χ1v) is 8.15. The molecule has 1 N–H and O–H groups in total. The van der Waals surface area contributed by atoms with E-state index in [1.54, 1.807) is 7.11 Å². The lowest BCUT2D eigenvalue weighted by molar-refractivity contribution is -0.126. The highest BCUT2D eigenvalue weighted by atomic mass is 16.5. The third-order valence-corrected chi connectivity index (χ3v) is 4.30. The Bertz CT molecular complexity index is 886. The summed E-state index contributed by atoms with van der Waals surface area (Å²) in [6, 6.07) is 13.2. The van der Waals surface area contributed by atoms with Crippen molar-refractivity contribution in [1.82, 2.24) is 10.3 Å². The molecular formula is C19H18N2O4. The summed E-state index contributed by atoms with van der Waals surface area (Å²) in [5.74, 6) is 1.74. The molecule has 4 rings (SSSR count). The smallest absolute Gasteiger partial charge is 0.227 e. The van der Waals surface area contributed by atoms with Gasteiger partial charge >= 0.3 is 0 Å². The predicted octanol–water partition coefficient (Wildman–Crippen LogP) is 2.70. The van der Waals surface area contributed by atoms with E-state index in [0.29, 0.717) is 24.5 Å². The highest BCUT2D eigenvalue weighted by molar-refractivity contribution is 5.79. The molecule has 1 aliphatic rings. The Labute approximate surface area is 144 Å². The summed E-state index contributed by atoms with van der Waals surface area (Å²) < 4.78 is 16.6. The Balaban J connectivity index is 1.41. The molecule has 1 atom stereocenters. The van der Waals surface area contributed by atoms with E-state index in [9.17, 15) is 4.79 Å². The van der Waals surface area contributed by atoms with Gasteiger partial charge in [0.2, 0.25) is 11.8 Å². The van der Waals surface area contributed by atoms with E-state index in [1.165, 1.54) is 0 Å². The summed E-state index contributed by atoms with van der Waals surface area (Å²) in [7, 11) is 1.62. The Kier molecular flexibility index (Phi) is 4.01. The summed E-state index contributed by atoms with van der Waals surface area (Å²) in [6.45, 7) is 0.619. The van der Waals surface area contributed by atoms with Crippen molar-refractivity contribution in [2.45, 2.75) is 13.0 Å². The number of nitrogens with zero attached hydrogens (tertiary/aromatic N) is 1. The summed E-state index contributed by atoms with van der Waals surface area (Å²) >= 11 is 0. The third kappa shape index (κ3) is 3.15. The van der Waals surface area contributed by atoms with E-state index in [-0.39, 0.29) is 18.4 Å². The molecule has 2 heterocycles. The molecule has 1 amide bonds. The minimum atomic E-state index is -0.246. The highest BCUT2D eigenvalue weighted by Gasteiger charge is 2.26. The first kappa shape index (κ1) is 15.5. The van der Waals surface area contributed by atoms with Crippen molar-refractivity contribution in [3.05, 3.63) is 53.9 Å². The first-order chi connectivity index (χ1) is 12.2. The highest BCUT2D eigenvalue weighted by Crippen LogP contribution is 2.30. The molecule has 0 fully saturated rings. The Morgan fingerprint density at radius 1 is 1.32 bits per heavy atom. The second-order valence-corrected chi connectivity index (χ2v) is 5.98. The van der Waals surface area contributed by atoms with Crippen LogP contribution in [0.25, 0.3) is 11.1 Å². The average Bonchev–Trinajstić information content (AvgIpc) is 3.08. The zero-order valence-corrected chi connectivity index (χ0v) is 13.8.